The molecular formula is C27H29N7O3S. The number of ether oxygens (including phenoxy) is 2. The van der Waals surface area contributed by atoms with Crippen molar-refractivity contribution < 1.29 is 14.3 Å². The maximum atomic E-state index is 12.5. The van der Waals surface area contributed by atoms with Gasteiger partial charge in [0.1, 0.15) is 5.75 Å². The number of aromatic nitrogens is 4. The van der Waals surface area contributed by atoms with Crippen molar-refractivity contribution in [3.8, 4) is 27.6 Å². The zero-order valence-corrected chi connectivity index (χ0v) is 22.0. The van der Waals surface area contributed by atoms with Gasteiger partial charge in [-0.05, 0) is 61.6 Å². The Hall–Kier alpha value is -3.83. The number of hydrogen-bond donors (Lipinski definition) is 1. The second-order valence-electron chi connectivity index (χ2n) is 9.47. The SMILES string of the molecule is Cc1c(-c2ccc(OC(=O)N3CCCCC3)cc2)sc2c(N3CCOCC3)nc(-c3cnc(N)nc3)nc12. The number of anilines is 2. The summed E-state index contributed by atoms with van der Waals surface area (Å²) in [5.74, 6) is 2.20. The van der Waals surface area contributed by atoms with Crippen molar-refractivity contribution >= 4 is 39.4 Å². The first kappa shape index (κ1) is 24.5. The lowest BCUT2D eigenvalue weighted by Crippen LogP contribution is -2.37. The molecule has 0 atom stereocenters. The standard InChI is InChI=1S/C27H29N7O3S/c1-17-21-23(25(33-11-13-36-14-12-33)32-24(31-21)19-15-29-26(28)30-16-19)38-22(17)18-5-7-20(8-6-18)37-27(35)34-9-3-2-4-10-34/h5-8,15-16H,2-4,9-14H2,1H3,(H2,28,29,30). The Balaban J connectivity index is 1.35. The minimum Gasteiger partial charge on any atom is -0.410 e. The molecule has 6 rings (SSSR count). The molecule has 2 N–H and O–H groups in total. The van der Waals surface area contributed by atoms with Crippen LogP contribution in [0.15, 0.2) is 36.7 Å². The van der Waals surface area contributed by atoms with Crippen LogP contribution in [0.2, 0.25) is 0 Å². The van der Waals surface area contributed by atoms with E-state index >= 15 is 0 Å². The number of hydrogen-bond acceptors (Lipinski definition) is 10. The molecule has 0 spiro atoms. The lowest BCUT2D eigenvalue weighted by Gasteiger charge is -2.28. The van der Waals surface area contributed by atoms with Gasteiger partial charge in [-0.1, -0.05) is 0 Å². The molecule has 4 aromatic rings. The molecule has 0 unspecified atom stereocenters. The van der Waals surface area contributed by atoms with Crippen molar-refractivity contribution in [2.24, 2.45) is 0 Å². The smallest absolute Gasteiger partial charge is 0.410 e. The lowest BCUT2D eigenvalue weighted by atomic mass is 10.1. The summed E-state index contributed by atoms with van der Waals surface area (Å²) in [4.78, 5) is 35.8. The van der Waals surface area contributed by atoms with Crippen molar-refractivity contribution in [1.82, 2.24) is 24.8 Å². The van der Waals surface area contributed by atoms with Crippen LogP contribution in [0.3, 0.4) is 0 Å². The molecule has 196 valence electrons. The van der Waals surface area contributed by atoms with Gasteiger partial charge < -0.3 is 25.0 Å². The number of amides is 1. The highest BCUT2D eigenvalue weighted by molar-refractivity contribution is 7.23. The average molecular weight is 532 g/mol. The summed E-state index contributed by atoms with van der Waals surface area (Å²) in [6.07, 6.45) is 6.25. The van der Waals surface area contributed by atoms with Crippen molar-refractivity contribution in [2.75, 3.05) is 50.0 Å². The highest BCUT2D eigenvalue weighted by atomic mass is 32.1. The molecule has 38 heavy (non-hydrogen) atoms. The van der Waals surface area contributed by atoms with Crippen LogP contribution in [-0.4, -0.2) is 70.3 Å². The minimum absolute atomic E-state index is 0.210. The van der Waals surface area contributed by atoms with Crippen LogP contribution in [0.25, 0.3) is 32.0 Å². The summed E-state index contributed by atoms with van der Waals surface area (Å²) in [5.41, 5.74) is 9.41. The average Bonchev–Trinajstić information content (AvgIpc) is 3.30. The number of carbonyl (C=O) groups excluding carboxylic acids is 1. The molecule has 0 aliphatic carbocycles. The Labute approximate surface area is 224 Å². The molecule has 0 saturated carbocycles. The molecule has 1 aromatic carbocycles. The Morgan fingerprint density at radius 3 is 2.39 bits per heavy atom. The number of aryl methyl sites for hydroxylation is 1. The maximum Gasteiger partial charge on any atom is 0.415 e. The predicted molar refractivity (Wildman–Crippen MR) is 148 cm³/mol. The minimum atomic E-state index is -0.278. The molecule has 2 aliphatic heterocycles. The van der Waals surface area contributed by atoms with Crippen molar-refractivity contribution in [3.05, 3.63) is 42.2 Å². The zero-order valence-electron chi connectivity index (χ0n) is 21.2. The number of nitrogens with zero attached hydrogens (tertiary/aromatic N) is 6. The van der Waals surface area contributed by atoms with E-state index in [1.165, 1.54) is 6.42 Å². The molecular weight excluding hydrogens is 502 g/mol. The second-order valence-corrected chi connectivity index (χ2v) is 10.5. The maximum absolute atomic E-state index is 12.5. The fourth-order valence-electron chi connectivity index (χ4n) is 4.84. The second kappa shape index (κ2) is 10.5. The highest BCUT2D eigenvalue weighted by Crippen LogP contribution is 2.42. The first-order valence-corrected chi connectivity index (χ1v) is 13.7. The normalized spacial score (nSPS) is 16.1. The van der Waals surface area contributed by atoms with Gasteiger partial charge in [0.05, 0.1) is 29.0 Å². The number of thiophene rings is 1. The third-order valence-electron chi connectivity index (χ3n) is 6.92. The van der Waals surface area contributed by atoms with E-state index in [4.69, 9.17) is 25.2 Å². The van der Waals surface area contributed by atoms with Gasteiger partial charge in [-0.2, -0.15) is 0 Å². The molecule has 5 heterocycles. The van der Waals surface area contributed by atoms with Crippen LogP contribution >= 0.6 is 11.3 Å². The fraction of sp³-hybridized carbons (Fsp3) is 0.370. The van der Waals surface area contributed by atoms with Gasteiger partial charge in [0.2, 0.25) is 5.95 Å². The molecule has 0 radical (unpaired) electrons. The molecule has 10 nitrogen and oxygen atoms in total. The van der Waals surface area contributed by atoms with E-state index in [0.717, 1.165) is 71.1 Å². The summed E-state index contributed by atoms with van der Waals surface area (Å²) in [6.45, 7) is 6.42. The summed E-state index contributed by atoms with van der Waals surface area (Å²) in [7, 11) is 0. The largest absolute Gasteiger partial charge is 0.415 e. The van der Waals surface area contributed by atoms with Crippen LogP contribution in [-0.2, 0) is 4.74 Å². The van der Waals surface area contributed by atoms with Crippen molar-refractivity contribution in [1.29, 1.82) is 0 Å². The van der Waals surface area contributed by atoms with Crippen LogP contribution < -0.4 is 15.4 Å². The van der Waals surface area contributed by atoms with Gasteiger partial charge in [-0.25, -0.2) is 24.7 Å². The lowest BCUT2D eigenvalue weighted by molar-refractivity contribution is 0.122. The summed E-state index contributed by atoms with van der Waals surface area (Å²) in [5, 5.41) is 0. The number of piperidine rings is 1. The van der Waals surface area contributed by atoms with Crippen LogP contribution in [0.5, 0.6) is 5.75 Å². The van der Waals surface area contributed by atoms with Crippen molar-refractivity contribution in [2.45, 2.75) is 26.2 Å². The van der Waals surface area contributed by atoms with E-state index < -0.39 is 0 Å². The Morgan fingerprint density at radius 1 is 0.974 bits per heavy atom. The molecule has 2 fully saturated rings. The van der Waals surface area contributed by atoms with E-state index in [-0.39, 0.29) is 12.0 Å². The Kier molecular flexibility index (Phi) is 6.77. The van der Waals surface area contributed by atoms with Gasteiger partial charge >= 0.3 is 6.09 Å². The third kappa shape index (κ3) is 4.86. The van der Waals surface area contributed by atoms with Gasteiger partial charge in [-0.3, -0.25) is 0 Å². The molecule has 3 aromatic heterocycles. The van der Waals surface area contributed by atoms with Crippen LogP contribution in [0.4, 0.5) is 16.6 Å². The third-order valence-corrected chi connectivity index (χ3v) is 8.25. The Morgan fingerprint density at radius 2 is 1.68 bits per heavy atom. The summed E-state index contributed by atoms with van der Waals surface area (Å²) >= 11 is 1.67. The Bertz CT molecular complexity index is 1440. The first-order valence-electron chi connectivity index (χ1n) is 12.9. The fourth-order valence-corrected chi connectivity index (χ4v) is 6.11. The number of likely N-dealkylation sites (tertiary alicyclic amines) is 1. The zero-order chi connectivity index (χ0) is 26.1. The first-order chi connectivity index (χ1) is 18.6. The number of carbonyl (C=O) groups is 1. The van der Waals surface area contributed by atoms with E-state index in [0.29, 0.717) is 30.4 Å². The van der Waals surface area contributed by atoms with Gasteiger partial charge in [0.15, 0.2) is 11.6 Å². The van der Waals surface area contributed by atoms with E-state index in [1.807, 2.05) is 24.3 Å². The van der Waals surface area contributed by atoms with E-state index in [2.05, 4.69) is 21.8 Å². The number of nitrogen functional groups attached to an aromatic ring is 1. The molecule has 11 heteroatoms. The number of nitrogens with two attached hydrogens (primary N) is 1. The topological polar surface area (TPSA) is 120 Å². The van der Waals surface area contributed by atoms with E-state index in [9.17, 15) is 4.79 Å². The number of fused-ring (bicyclic) bond motifs is 1. The molecule has 2 aliphatic rings. The number of benzene rings is 1. The number of morpholine rings is 1. The van der Waals surface area contributed by atoms with Crippen molar-refractivity contribution in [3.63, 3.8) is 0 Å². The number of rotatable bonds is 4. The predicted octanol–water partition coefficient (Wildman–Crippen LogP) is 4.53. The van der Waals surface area contributed by atoms with Crippen LogP contribution in [0, 0.1) is 6.92 Å². The van der Waals surface area contributed by atoms with E-state index in [1.54, 1.807) is 28.6 Å². The highest BCUT2D eigenvalue weighted by Gasteiger charge is 2.23. The monoisotopic (exact) mass is 531 g/mol. The summed E-state index contributed by atoms with van der Waals surface area (Å²) < 4.78 is 12.2. The molecule has 1 amide bonds. The molecule has 2 saturated heterocycles. The van der Waals surface area contributed by atoms with Gasteiger partial charge in [-0.15, -0.1) is 11.3 Å². The van der Waals surface area contributed by atoms with Gasteiger partial charge in [0, 0.05) is 43.4 Å². The quantitative estimate of drug-likeness (QED) is 0.405. The van der Waals surface area contributed by atoms with Crippen LogP contribution in [0.1, 0.15) is 24.8 Å². The summed E-state index contributed by atoms with van der Waals surface area (Å²) in [6, 6.07) is 7.69. The van der Waals surface area contributed by atoms with Gasteiger partial charge in [0.25, 0.3) is 0 Å². The molecule has 0 bridgehead atoms.